The average molecular weight is 298 g/mol. The number of likely N-dealkylation sites (tertiary alicyclic amines) is 1. The average Bonchev–Trinajstić information content (AvgIpc) is 2.98. The molecule has 2 atom stereocenters. The molecule has 2 fully saturated rings. The molecule has 0 aromatic carbocycles. The number of hydrogen-bond acceptors (Lipinski definition) is 4. The van der Waals surface area contributed by atoms with Gasteiger partial charge in [-0.3, -0.25) is 4.79 Å². The number of fused-ring (bicyclic) bond motifs is 1. The summed E-state index contributed by atoms with van der Waals surface area (Å²) < 4.78 is 28.0. The Labute approximate surface area is 118 Å². The first kappa shape index (κ1) is 13.6. The summed E-state index contributed by atoms with van der Waals surface area (Å²) in [6, 6.07) is 1.24. The lowest BCUT2D eigenvalue weighted by molar-refractivity contribution is 0.0747. The SMILES string of the molecule is Cc1oc(C(=O)N2CC3CCCC3C2)cc1S(N)(=O)=O. The Morgan fingerprint density at radius 1 is 1.35 bits per heavy atom. The Morgan fingerprint density at radius 2 is 1.95 bits per heavy atom. The minimum Gasteiger partial charge on any atom is -0.455 e. The third-order valence-electron chi connectivity index (χ3n) is 4.40. The highest BCUT2D eigenvalue weighted by atomic mass is 32.2. The van der Waals surface area contributed by atoms with E-state index < -0.39 is 10.0 Å². The van der Waals surface area contributed by atoms with Crippen molar-refractivity contribution in [3.05, 3.63) is 17.6 Å². The fourth-order valence-corrected chi connectivity index (χ4v) is 4.12. The molecule has 1 saturated carbocycles. The van der Waals surface area contributed by atoms with Crippen molar-refractivity contribution in [2.75, 3.05) is 13.1 Å². The van der Waals surface area contributed by atoms with Gasteiger partial charge in [-0.15, -0.1) is 0 Å². The molecule has 1 aromatic rings. The molecular formula is C13H18N2O4S. The Balaban J connectivity index is 1.82. The smallest absolute Gasteiger partial charge is 0.289 e. The van der Waals surface area contributed by atoms with Crippen molar-refractivity contribution in [3.8, 4) is 0 Å². The van der Waals surface area contributed by atoms with Crippen LogP contribution in [0.15, 0.2) is 15.4 Å². The van der Waals surface area contributed by atoms with Gasteiger partial charge in [-0.05, 0) is 31.6 Å². The molecule has 3 rings (SSSR count). The van der Waals surface area contributed by atoms with Gasteiger partial charge in [0.15, 0.2) is 5.76 Å². The molecule has 7 heteroatoms. The van der Waals surface area contributed by atoms with Crippen LogP contribution in [0, 0.1) is 18.8 Å². The molecule has 1 amide bonds. The van der Waals surface area contributed by atoms with Gasteiger partial charge in [-0.2, -0.15) is 0 Å². The van der Waals surface area contributed by atoms with Crippen LogP contribution in [0.4, 0.5) is 0 Å². The van der Waals surface area contributed by atoms with E-state index >= 15 is 0 Å². The summed E-state index contributed by atoms with van der Waals surface area (Å²) in [5, 5.41) is 5.09. The zero-order valence-corrected chi connectivity index (χ0v) is 12.1. The Hall–Kier alpha value is -1.34. The summed E-state index contributed by atoms with van der Waals surface area (Å²) in [6.45, 7) is 2.98. The van der Waals surface area contributed by atoms with E-state index in [2.05, 4.69) is 0 Å². The van der Waals surface area contributed by atoms with Crippen LogP contribution < -0.4 is 5.14 Å². The van der Waals surface area contributed by atoms with Gasteiger partial charge in [0.05, 0.1) is 0 Å². The maximum Gasteiger partial charge on any atom is 0.289 e. The molecule has 0 radical (unpaired) electrons. The number of aryl methyl sites for hydroxylation is 1. The van der Waals surface area contributed by atoms with Gasteiger partial charge in [0.2, 0.25) is 10.0 Å². The zero-order valence-electron chi connectivity index (χ0n) is 11.3. The van der Waals surface area contributed by atoms with Gasteiger partial charge in [0.25, 0.3) is 5.91 Å². The second kappa shape index (κ2) is 4.60. The van der Waals surface area contributed by atoms with Crippen LogP contribution >= 0.6 is 0 Å². The summed E-state index contributed by atoms with van der Waals surface area (Å²) in [6.07, 6.45) is 3.59. The summed E-state index contributed by atoms with van der Waals surface area (Å²) in [4.78, 5) is 14.0. The quantitative estimate of drug-likeness (QED) is 0.885. The van der Waals surface area contributed by atoms with Crippen LogP contribution in [0.25, 0.3) is 0 Å². The molecular weight excluding hydrogens is 280 g/mol. The predicted molar refractivity (Wildman–Crippen MR) is 71.6 cm³/mol. The molecule has 1 aliphatic heterocycles. The minimum absolute atomic E-state index is 0.0616. The van der Waals surface area contributed by atoms with E-state index in [9.17, 15) is 13.2 Å². The summed E-state index contributed by atoms with van der Waals surface area (Å²) in [5.74, 6) is 1.17. The van der Waals surface area contributed by atoms with Gasteiger partial charge in [-0.25, -0.2) is 13.6 Å². The molecule has 2 heterocycles. The lowest BCUT2D eigenvalue weighted by atomic mass is 10.0. The molecule has 6 nitrogen and oxygen atoms in total. The second-order valence-electron chi connectivity index (χ2n) is 5.74. The highest BCUT2D eigenvalue weighted by molar-refractivity contribution is 7.89. The Bertz CT molecular complexity index is 637. The van der Waals surface area contributed by atoms with E-state index in [1.165, 1.54) is 32.3 Å². The van der Waals surface area contributed by atoms with Crippen LogP contribution in [-0.2, 0) is 10.0 Å². The van der Waals surface area contributed by atoms with Crippen molar-refractivity contribution in [1.82, 2.24) is 4.90 Å². The monoisotopic (exact) mass is 298 g/mol. The number of carbonyl (C=O) groups excluding carboxylic acids is 1. The van der Waals surface area contributed by atoms with Crippen molar-refractivity contribution >= 4 is 15.9 Å². The largest absolute Gasteiger partial charge is 0.455 e. The molecule has 20 heavy (non-hydrogen) atoms. The predicted octanol–water partition coefficient (Wildman–Crippen LogP) is 1.11. The van der Waals surface area contributed by atoms with Gasteiger partial charge < -0.3 is 9.32 Å². The maximum atomic E-state index is 12.4. The standard InChI is InChI=1S/C13H18N2O4S/c1-8-12(20(14,17)18)5-11(19-8)13(16)15-6-9-3-2-4-10(9)7-15/h5,9-10H,2-4,6-7H2,1H3,(H2,14,17,18). The summed E-state index contributed by atoms with van der Waals surface area (Å²) in [5.41, 5.74) is 0. The fraction of sp³-hybridized carbons (Fsp3) is 0.615. The molecule has 0 bridgehead atoms. The lowest BCUT2D eigenvalue weighted by Gasteiger charge is -2.15. The molecule has 0 spiro atoms. The molecule has 110 valence electrons. The van der Waals surface area contributed by atoms with Crippen molar-refractivity contribution in [2.24, 2.45) is 17.0 Å². The van der Waals surface area contributed by atoms with Crippen LogP contribution in [0.2, 0.25) is 0 Å². The number of nitrogens with zero attached hydrogens (tertiary/aromatic N) is 1. The highest BCUT2D eigenvalue weighted by Gasteiger charge is 2.39. The Kier molecular flexibility index (Phi) is 3.13. The van der Waals surface area contributed by atoms with Crippen molar-refractivity contribution in [3.63, 3.8) is 0 Å². The van der Waals surface area contributed by atoms with Crippen molar-refractivity contribution in [2.45, 2.75) is 31.1 Å². The third-order valence-corrected chi connectivity index (χ3v) is 5.42. The van der Waals surface area contributed by atoms with Crippen molar-refractivity contribution in [1.29, 1.82) is 0 Å². The molecule has 2 N–H and O–H groups in total. The number of nitrogens with two attached hydrogens (primary N) is 1. The second-order valence-corrected chi connectivity index (χ2v) is 7.27. The summed E-state index contributed by atoms with van der Waals surface area (Å²) >= 11 is 0. The normalized spacial score (nSPS) is 26.0. The molecule has 1 aromatic heterocycles. The van der Waals surface area contributed by atoms with Gasteiger partial charge in [0.1, 0.15) is 10.7 Å². The van der Waals surface area contributed by atoms with Crippen molar-refractivity contribution < 1.29 is 17.6 Å². The third kappa shape index (κ3) is 2.25. The topological polar surface area (TPSA) is 93.6 Å². The number of carbonyl (C=O) groups is 1. The van der Waals surface area contributed by atoms with Gasteiger partial charge in [-0.1, -0.05) is 6.42 Å². The number of amides is 1. The van der Waals surface area contributed by atoms with E-state index in [1.807, 2.05) is 0 Å². The molecule has 1 aliphatic carbocycles. The first-order valence-electron chi connectivity index (χ1n) is 6.79. The zero-order chi connectivity index (χ0) is 14.5. The number of hydrogen-bond donors (Lipinski definition) is 1. The van der Waals surface area contributed by atoms with E-state index in [1.54, 1.807) is 4.90 Å². The van der Waals surface area contributed by atoms with E-state index in [0.29, 0.717) is 11.8 Å². The minimum atomic E-state index is -3.85. The van der Waals surface area contributed by atoms with E-state index in [0.717, 1.165) is 13.1 Å². The fourth-order valence-electron chi connectivity index (χ4n) is 3.41. The lowest BCUT2D eigenvalue weighted by Crippen LogP contribution is -2.29. The molecule has 2 unspecified atom stereocenters. The van der Waals surface area contributed by atoms with Gasteiger partial charge >= 0.3 is 0 Å². The number of primary sulfonamides is 1. The summed E-state index contributed by atoms with van der Waals surface area (Å²) in [7, 11) is -3.85. The number of furan rings is 1. The van der Waals surface area contributed by atoms with Gasteiger partial charge in [0, 0.05) is 19.2 Å². The molecule has 2 aliphatic rings. The van der Waals surface area contributed by atoms with Crippen LogP contribution in [0.3, 0.4) is 0 Å². The van der Waals surface area contributed by atoms with Crippen LogP contribution in [0.5, 0.6) is 0 Å². The van der Waals surface area contributed by atoms with E-state index in [-0.39, 0.29) is 22.3 Å². The highest BCUT2D eigenvalue weighted by Crippen LogP contribution is 2.38. The van der Waals surface area contributed by atoms with Crippen LogP contribution in [-0.4, -0.2) is 32.3 Å². The number of rotatable bonds is 2. The first-order chi connectivity index (χ1) is 9.36. The van der Waals surface area contributed by atoms with E-state index in [4.69, 9.17) is 9.56 Å². The van der Waals surface area contributed by atoms with Crippen LogP contribution in [0.1, 0.15) is 35.6 Å². The molecule has 1 saturated heterocycles. The first-order valence-corrected chi connectivity index (χ1v) is 8.33. The Morgan fingerprint density at radius 3 is 2.45 bits per heavy atom. The number of sulfonamides is 1. The maximum absolute atomic E-state index is 12.4.